The fourth-order valence-corrected chi connectivity index (χ4v) is 3.45. The lowest BCUT2D eigenvalue weighted by atomic mass is 9.85. The largest absolute Gasteiger partial charge is 0.354 e. The smallest absolute Gasteiger partial charge is 0.176 e. The minimum atomic E-state index is -1.20. The Morgan fingerprint density at radius 1 is 1.08 bits per heavy atom. The third-order valence-corrected chi connectivity index (χ3v) is 4.72. The van der Waals surface area contributed by atoms with E-state index in [1.807, 2.05) is 17.0 Å². The summed E-state index contributed by atoms with van der Waals surface area (Å²) >= 11 is 0. The van der Waals surface area contributed by atoms with E-state index in [1.54, 1.807) is 6.92 Å². The number of rotatable bonds is 2. The normalized spacial score (nSPS) is 20.7. The molecule has 3 heterocycles. The summed E-state index contributed by atoms with van der Waals surface area (Å²) in [4.78, 5) is 6.20. The Morgan fingerprint density at radius 3 is 2.62 bits per heavy atom. The van der Waals surface area contributed by atoms with Crippen molar-refractivity contribution < 1.29 is 13.2 Å². The summed E-state index contributed by atoms with van der Waals surface area (Å²) in [6.45, 7) is 2.75. The number of nitrogens with two attached hydrogens (primary N) is 1. The molecule has 1 fully saturated rings. The lowest BCUT2D eigenvalue weighted by Crippen LogP contribution is -2.48. The maximum absolute atomic E-state index is 14.1. The molecule has 136 valence electrons. The van der Waals surface area contributed by atoms with Crippen molar-refractivity contribution in [2.45, 2.75) is 25.3 Å². The number of halogens is 3. The molecule has 0 bridgehead atoms. The van der Waals surface area contributed by atoms with Gasteiger partial charge in [0.2, 0.25) is 0 Å². The highest BCUT2D eigenvalue weighted by Crippen LogP contribution is 2.32. The van der Waals surface area contributed by atoms with E-state index in [1.165, 1.54) is 4.63 Å². The van der Waals surface area contributed by atoms with Crippen molar-refractivity contribution in [1.29, 1.82) is 0 Å². The van der Waals surface area contributed by atoms with Crippen molar-refractivity contribution in [3.05, 3.63) is 53.1 Å². The van der Waals surface area contributed by atoms with Crippen LogP contribution < -0.4 is 10.6 Å². The number of nitrogens with zero attached hydrogens (tertiary/aromatic N) is 5. The molecule has 2 N–H and O–H groups in total. The molecule has 0 amide bonds. The number of benzene rings is 1. The number of piperidine rings is 1. The molecule has 0 aliphatic carbocycles. The van der Waals surface area contributed by atoms with Gasteiger partial charge in [0.05, 0.1) is 0 Å². The first-order valence-electron chi connectivity index (χ1n) is 8.28. The van der Waals surface area contributed by atoms with Crippen LogP contribution in [0.5, 0.6) is 0 Å². The average Bonchev–Trinajstić information content (AvgIpc) is 2.97. The lowest BCUT2D eigenvalue weighted by molar-refractivity contribution is 0.415. The zero-order chi connectivity index (χ0) is 18.4. The Balaban J connectivity index is 1.57. The van der Waals surface area contributed by atoms with Crippen molar-refractivity contribution in [2.75, 3.05) is 18.0 Å². The van der Waals surface area contributed by atoms with Gasteiger partial charge >= 0.3 is 0 Å². The molecule has 9 heteroatoms. The zero-order valence-electron chi connectivity index (χ0n) is 14.0. The Kier molecular flexibility index (Phi) is 4.03. The number of hydrogen-bond acceptors (Lipinski definition) is 5. The Morgan fingerprint density at radius 2 is 1.85 bits per heavy atom. The quantitative estimate of drug-likeness (QED) is 0.708. The van der Waals surface area contributed by atoms with Gasteiger partial charge in [-0.2, -0.15) is 0 Å². The van der Waals surface area contributed by atoms with E-state index in [4.69, 9.17) is 5.73 Å². The topological polar surface area (TPSA) is 72.3 Å². The van der Waals surface area contributed by atoms with Gasteiger partial charge in [0.1, 0.15) is 11.6 Å². The summed E-state index contributed by atoms with van der Waals surface area (Å²) in [5.41, 5.74) is 6.99. The van der Waals surface area contributed by atoms with Crippen LogP contribution >= 0.6 is 0 Å². The molecular weight excluding hydrogens is 345 g/mol. The van der Waals surface area contributed by atoms with Gasteiger partial charge in [-0.25, -0.2) is 18.2 Å². The van der Waals surface area contributed by atoms with Crippen LogP contribution in [-0.2, 0) is 0 Å². The van der Waals surface area contributed by atoms with E-state index in [9.17, 15) is 13.2 Å². The molecule has 0 spiro atoms. The minimum Gasteiger partial charge on any atom is -0.354 e. The molecule has 2 aromatic heterocycles. The molecule has 1 aliphatic rings. The van der Waals surface area contributed by atoms with Gasteiger partial charge in [0.15, 0.2) is 23.1 Å². The van der Waals surface area contributed by atoms with E-state index >= 15 is 0 Å². The van der Waals surface area contributed by atoms with Gasteiger partial charge < -0.3 is 10.6 Å². The fraction of sp³-hybridized carbons (Fsp3) is 0.353. The number of fused-ring (bicyclic) bond motifs is 1. The molecule has 26 heavy (non-hydrogen) atoms. The maximum Gasteiger partial charge on any atom is 0.176 e. The SMILES string of the molecule is Cc1nc2ccc(N3CCC(c4cc(F)c(F)cc4F)[C@@H](N)C3)nn2n1. The number of hydrogen-bond donors (Lipinski definition) is 1. The minimum absolute atomic E-state index is 0.117. The fourth-order valence-electron chi connectivity index (χ4n) is 3.45. The van der Waals surface area contributed by atoms with Crippen LogP contribution in [0.2, 0.25) is 0 Å². The highest BCUT2D eigenvalue weighted by atomic mass is 19.2. The number of anilines is 1. The van der Waals surface area contributed by atoms with Crippen LogP contribution in [-0.4, -0.2) is 38.9 Å². The molecule has 1 aromatic carbocycles. The standard InChI is InChI=1S/C17H17F3N6/c1-9-22-16-2-3-17(24-26(16)23-9)25-5-4-10(15(21)8-25)11-6-13(19)14(20)7-12(11)18/h2-3,6-7,10,15H,4-5,8,21H2,1H3/t10?,15-/m0/s1. The lowest BCUT2D eigenvalue weighted by Gasteiger charge is -2.37. The van der Waals surface area contributed by atoms with E-state index in [-0.39, 0.29) is 5.56 Å². The molecule has 1 unspecified atom stereocenters. The molecule has 1 saturated heterocycles. The van der Waals surface area contributed by atoms with Crippen LogP contribution in [0, 0.1) is 24.4 Å². The third-order valence-electron chi connectivity index (χ3n) is 4.72. The van der Waals surface area contributed by atoms with Crippen molar-refractivity contribution >= 4 is 11.5 Å². The molecule has 3 aromatic rings. The van der Waals surface area contributed by atoms with E-state index < -0.39 is 29.4 Å². The summed E-state index contributed by atoms with van der Waals surface area (Å²) < 4.78 is 42.2. The number of aromatic nitrogens is 4. The summed E-state index contributed by atoms with van der Waals surface area (Å²) in [5, 5.41) is 8.61. The van der Waals surface area contributed by atoms with E-state index in [0.29, 0.717) is 42.9 Å². The van der Waals surface area contributed by atoms with Crippen molar-refractivity contribution in [3.8, 4) is 0 Å². The Hall–Kier alpha value is -2.68. The zero-order valence-corrected chi connectivity index (χ0v) is 14.0. The van der Waals surface area contributed by atoms with E-state index in [0.717, 1.165) is 6.07 Å². The second kappa shape index (κ2) is 6.24. The van der Waals surface area contributed by atoms with Crippen molar-refractivity contribution in [2.24, 2.45) is 5.73 Å². The van der Waals surface area contributed by atoms with Gasteiger partial charge in [-0.05, 0) is 37.1 Å². The van der Waals surface area contributed by atoms with Gasteiger partial charge in [0, 0.05) is 31.1 Å². The third kappa shape index (κ3) is 2.88. The molecule has 0 radical (unpaired) electrons. The summed E-state index contributed by atoms with van der Waals surface area (Å²) in [6, 6.07) is 4.68. The molecule has 2 atom stereocenters. The second-order valence-corrected chi connectivity index (χ2v) is 6.49. The van der Waals surface area contributed by atoms with Crippen LogP contribution in [0.3, 0.4) is 0 Å². The molecule has 4 rings (SSSR count). The first kappa shape index (κ1) is 16.8. The van der Waals surface area contributed by atoms with Crippen molar-refractivity contribution in [1.82, 2.24) is 19.8 Å². The van der Waals surface area contributed by atoms with Gasteiger partial charge in [0.25, 0.3) is 0 Å². The van der Waals surface area contributed by atoms with Crippen LogP contribution in [0.1, 0.15) is 23.7 Å². The highest BCUT2D eigenvalue weighted by molar-refractivity contribution is 5.46. The predicted molar refractivity (Wildman–Crippen MR) is 89.4 cm³/mol. The second-order valence-electron chi connectivity index (χ2n) is 6.49. The van der Waals surface area contributed by atoms with Gasteiger partial charge in [-0.1, -0.05) is 0 Å². The van der Waals surface area contributed by atoms with Gasteiger partial charge in [-0.15, -0.1) is 14.8 Å². The Labute approximate surface area is 147 Å². The first-order valence-corrected chi connectivity index (χ1v) is 8.28. The average molecular weight is 362 g/mol. The monoisotopic (exact) mass is 362 g/mol. The van der Waals surface area contributed by atoms with E-state index in [2.05, 4.69) is 15.2 Å². The molecule has 1 aliphatic heterocycles. The maximum atomic E-state index is 14.1. The summed E-state index contributed by atoms with van der Waals surface area (Å²) in [5.74, 6) is -2.11. The predicted octanol–water partition coefficient (Wildman–Crippen LogP) is 2.17. The summed E-state index contributed by atoms with van der Waals surface area (Å²) in [7, 11) is 0. The molecule has 6 nitrogen and oxygen atoms in total. The highest BCUT2D eigenvalue weighted by Gasteiger charge is 2.31. The van der Waals surface area contributed by atoms with Crippen LogP contribution in [0.4, 0.5) is 19.0 Å². The van der Waals surface area contributed by atoms with Gasteiger partial charge in [-0.3, -0.25) is 0 Å². The van der Waals surface area contributed by atoms with Crippen molar-refractivity contribution in [3.63, 3.8) is 0 Å². The molecule has 0 saturated carbocycles. The number of aryl methyl sites for hydroxylation is 1. The molecular formula is C17H17F3N6. The van der Waals surface area contributed by atoms with Crippen LogP contribution in [0.25, 0.3) is 5.65 Å². The summed E-state index contributed by atoms with van der Waals surface area (Å²) in [6.07, 6.45) is 0.499. The first-order chi connectivity index (χ1) is 12.4. The van der Waals surface area contributed by atoms with Crippen LogP contribution in [0.15, 0.2) is 24.3 Å². The Bertz CT molecular complexity index is 973.